The standard InChI is InChI=1S/C28H23FN4O5S/c1-30-28(34)26-24-12-7-21(33(39(2,35)36)16-18-14-31-17-32-15-18)13-25(24)38-27(26)19-3-8-22(9-4-19)37-23-10-5-20(29)6-11-23/h3-15,17H,16H2,1-2H3,(H,30,34). The van der Waals surface area contributed by atoms with Gasteiger partial charge in [0.15, 0.2) is 0 Å². The van der Waals surface area contributed by atoms with E-state index < -0.39 is 10.0 Å². The molecule has 5 aromatic rings. The first-order chi connectivity index (χ1) is 18.7. The van der Waals surface area contributed by atoms with E-state index in [0.717, 1.165) is 6.26 Å². The first kappa shape index (κ1) is 25.9. The smallest absolute Gasteiger partial charge is 0.255 e. The summed E-state index contributed by atoms with van der Waals surface area (Å²) in [6.45, 7) is 0.0244. The molecule has 0 aliphatic rings. The molecule has 0 spiro atoms. The fourth-order valence-corrected chi connectivity index (χ4v) is 4.96. The number of carbonyl (C=O) groups is 1. The summed E-state index contributed by atoms with van der Waals surface area (Å²) < 4.78 is 51.6. The van der Waals surface area contributed by atoms with Gasteiger partial charge in [0.2, 0.25) is 10.0 Å². The molecule has 3 aromatic carbocycles. The Kier molecular flexibility index (Phi) is 6.99. The molecule has 2 aromatic heterocycles. The molecule has 2 heterocycles. The Hall–Kier alpha value is -4.77. The molecule has 1 amide bonds. The summed E-state index contributed by atoms with van der Waals surface area (Å²) in [7, 11) is -2.15. The lowest BCUT2D eigenvalue weighted by atomic mass is 10.0. The van der Waals surface area contributed by atoms with Gasteiger partial charge in [0, 0.05) is 42.0 Å². The highest BCUT2D eigenvalue weighted by molar-refractivity contribution is 7.92. The predicted molar refractivity (Wildman–Crippen MR) is 145 cm³/mol. The second-order valence-electron chi connectivity index (χ2n) is 8.66. The predicted octanol–water partition coefficient (Wildman–Crippen LogP) is 5.15. The average Bonchev–Trinajstić information content (AvgIpc) is 3.32. The second-order valence-corrected chi connectivity index (χ2v) is 10.6. The van der Waals surface area contributed by atoms with E-state index in [-0.39, 0.29) is 18.3 Å². The minimum absolute atomic E-state index is 0.0244. The maximum Gasteiger partial charge on any atom is 0.255 e. The first-order valence-electron chi connectivity index (χ1n) is 11.8. The van der Waals surface area contributed by atoms with E-state index in [9.17, 15) is 17.6 Å². The lowest BCUT2D eigenvalue weighted by molar-refractivity contribution is 0.0964. The number of hydrogen-bond donors (Lipinski definition) is 1. The number of halogens is 1. The number of nitrogens with zero attached hydrogens (tertiary/aromatic N) is 3. The van der Waals surface area contributed by atoms with Crippen LogP contribution in [0.15, 0.2) is 89.9 Å². The molecule has 0 aliphatic carbocycles. The SMILES string of the molecule is CNC(=O)c1c(-c2ccc(Oc3ccc(F)cc3)cc2)oc2cc(N(Cc3cncnc3)S(C)(=O)=O)ccc12. The molecule has 0 unspecified atom stereocenters. The minimum atomic E-state index is -3.67. The first-order valence-corrected chi connectivity index (χ1v) is 13.6. The maximum absolute atomic E-state index is 13.2. The molecule has 0 saturated carbocycles. The van der Waals surface area contributed by atoms with Crippen LogP contribution in [0.5, 0.6) is 11.5 Å². The molecule has 198 valence electrons. The third-order valence-corrected chi connectivity index (χ3v) is 7.06. The highest BCUT2D eigenvalue weighted by Gasteiger charge is 2.24. The molecule has 1 N–H and O–H groups in total. The fraction of sp³-hybridized carbons (Fsp3) is 0.107. The van der Waals surface area contributed by atoms with Crippen molar-refractivity contribution in [2.24, 2.45) is 0 Å². The van der Waals surface area contributed by atoms with E-state index in [1.807, 2.05) is 0 Å². The van der Waals surface area contributed by atoms with E-state index in [1.54, 1.807) is 54.9 Å². The normalized spacial score (nSPS) is 11.4. The second kappa shape index (κ2) is 10.5. The van der Waals surface area contributed by atoms with Gasteiger partial charge in [-0.2, -0.15) is 0 Å². The van der Waals surface area contributed by atoms with E-state index >= 15 is 0 Å². The van der Waals surface area contributed by atoms with E-state index in [2.05, 4.69) is 15.3 Å². The summed E-state index contributed by atoms with van der Waals surface area (Å²) in [6, 6.07) is 17.4. The number of hydrogen-bond acceptors (Lipinski definition) is 7. The van der Waals surface area contributed by atoms with Crippen LogP contribution in [-0.2, 0) is 16.6 Å². The summed E-state index contributed by atoms with van der Waals surface area (Å²) in [4.78, 5) is 20.8. The van der Waals surface area contributed by atoms with E-state index in [0.29, 0.717) is 50.6 Å². The summed E-state index contributed by atoms with van der Waals surface area (Å²) in [5, 5.41) is 3.16. The Bertz CT molecular complexity index is 1740. The number of rotatable bonds is 8. The van der Waals surface area contributed by atoms with Crippen molar-refractivity contribution in [3.63, 3.8) is 0 Å². The highest BCUT2D eigenvalue weighted by Crippen LogP contribution is 2.37. The lowest BCUT2D eigenvalue weighted by Gasteiger charge is -2.22. The van der Waals surface area contributed by atoms with Crippen molar-refractivity contribution in [2.75, 3.05) is 17.6 Å². The third kappa shape index (κ3) is 5.58. The quantitative estimate of drug-likeness (QED) is 0.286. The van der Waals surface area contributed by atoms with Gasteiger partial charge in [-0.3, -0.25) is 9.10 Å². The molecule has 0 fully saturated rings. The molecule has 0 radical (unpaired) electrons. The van der Waals surface area contributed by atoms with Crippen molar-refractivity contribution < 1.29 is 26.8 Å². The van der Waals surface area contributed by atoms with Crippen molar-refractivity contribution in [1.82, 2.24) is 15.3 Å². The van der Waals surface area contributed by atoms with Gasteiger partial charge in [-0.25, -0.2) is 22.8 Å². The molecule has 0 saturated heterocycles. The summed E-state index contributed by atoms with van der Waals surface area (Å²) >= 11 is 0. The maximum atomic E-state index is 13.2. The van der Waals surface area contributed by atoms with Crippen LogP contribution in [-0.4, -0.2) is 37.6 Å². The Balaban J connectivity index is 1.53. The molecular weight excluding hydrogens is 523 g/mol. The van der Waals surface area contributed by atoms with E-state index in [1.165, 1.54) is 41.9 Å². The third-order valence-electron chi connectivity index (χ3n) is 5.92. The number of amides is 1. The van der Waals surface area contributed by atoms with Gasteiger partial charge < -0.3 is 14.5 Å². The van der Waals surface area contributed by atoms with Gasteiger partial charge in [0.25, 0.3) is 5.91 Å². The van der Waals surface area contributed by atoms with Crippen molar-refractivity contribution in [1.29, 1.82) is 0 Å². The minimum Gasteiger partial charge on any atom is -0.457 e. The number of benzene rings is 3. The number of anilines is 1. The van der Waals surface area contributed by atoms with Crippen LogP contribution in [0.25, 0.3) is 22.3 Å². The molecule has 0 atom stereocenters. The number of carbonyl (C=O) groups excluding carboxylic acids is 1. The zero-order valence-corrected chi connectivity index (χ0v) is 21.8. The Morgan fingerprint density at radius 1 is 1.00 bits per heavy atom. The van der Waals surface area contributed by atoms with Crippen molar-refractivity contribution >= 4 is 32.6 Å². The van der Waals surface area contributed by atoms with Gasteiger partial charge in [-0.1, -0.05) is 0 Å². The number of furan rings is 1. The van der Waals surface area contributed by atoms with Gasteiger partial charge in [0.1, 0.15) is 35.0 Å². The highest BCUT2D eigenvalue weighted by atomic mass is 32.2. The summed E-state index contributed by atoms with van der Waals surface area (Å²) in [5.74, 6) is 0.589. The zero-order chi connectivity index (χ0) is 27.6. The van der Waals surface area contributed by atoms with Crippen LogP contribution < -0.4 is 14.4 Å². The Morgan fingerprint density at radius 2 is 1.64 bits per heavy atom. The monoisotopic (exact) mass is 546 g/mol. The van der Waals surface area contributed by atoms with Gasteiger partial charge >= 0.3 is 0 Å². The van der Waals surface area contributed by atoms with Crippen LogP contribution in [0.4, 0.5) is 10.1 Å². The van der Waals surface area contributed by atoms with Crippen molar-refractivity contribution in [3.8, 4) is 22.8 Å². The number of sulfonamides is 1. The largest absolute Gasteiger partial charge is 0.457 e. The number of nitrogens with one attached hydrogen (secondary N) is 1. The molecule has 0 aliphatic heterocycles. The fourth-order valence-electron chi connectivity index (χ4n) is 4.08. The molecule has 39 heavy (non-hydrogen) atoms. The molecule has 9 nitrogen and oxygen atoms in total. The van der Waals surface area contributed by atoms with Crippen LogP contribution in [0, 0.1) is 5.82 Å². The topological polar surface area (TPSA) is 115 Å². The summed E-state index contributed by atoms with van der Waals surface area (Å²) in [5.41, 5.74) is 2.23. The van der Waals surface area contributed by atoms with Crippen LogP contribution in [0.1, 0.15) is 15.9 Å². The number of fused-ring (bicyclic) bond motifs is 1. The molecule has 11 heteroatoms. The van der Waals surface area contributed by atoms with Crippen molar-refractivity contribution in [3.05, 3.63) is 102 Å². The molecular formula is C28H23FN4O5S. The number of aromatic nitrogens is 2. The van der Waals surface area contributed by atoms with Crippen molar-refractivity contribution in [2.45, 2.75) is 6.54 Å². The van der Waals surface area contributed by atoms with E-state index in [4.69, 9.17) is 9.15 Å². The lowest BCUT2D eigenvalue weighted by Crippen LogP contribution is -2.29. The average molecular weight is 547 g/mol. The van der Waals surface area contributed by atoms with Gasteiger partial charge in [-0.05, 0) is 60.7 Å². The van der Waals surface area contributed by atoms with Crippen LogP contribution in [0.2, 0.25) is 0 Å². The van der Waals surface area contributed by atoms with Gasteiger partial charge in [-0.15, -0.1) is 0 Å². The molecule has 5 rings (SSSR count). The Morgan fingerprint density at radius 3 is 2.26 bits per heavy atom. The number of ether oxygens (including phenoxy) is 1. The Labute approximate surface area is 223 Å². The zero-order valence-electron chi connectivity index (χ0n) is 21.0. The summed E-state index contributed by atoms with van der Waals surface area (Å²) in [6.07, 6.45) is 5.57. The van der Waals surface area contributed by atoms with Crippen LogP contribution >= 0.6 is 0 Å². The van der Waals surface area contributed by atoms with Gasteiger partial charge in [0.05, 0.1) is 24.1 Å². The van der Waals surface area contributed by atoms with Crippen LogP contribution in [0.3, 0.4) is 0 Å². The molecule has 0 bridgehead atoms.